The summed E-state index contributed by atoms with van der Waals surface area (Å²) in [6, 6.07) is 12.9. The maximum absolute atomic E-state index is 12.9. The second-order valence-corrected chi connectivity index (χ2v) is 6.83. The molecule has 1 aliphatic carbocycles. The van der Waals surface area contributed by atoms with Gasteiger partial charge in [0.25, 0.3) is 0 Å². The monoisotopic (exact) mass is 359 g/mol. The Kier molecular flexibility index (Phi) is 4.91. The highest BCUT2D eigenvalue weighted by Crippen LogP contribution is 2.49. The first-order chi connectivity index (χ1) is 12.0. The number of halogens is 1. The summed E-state index contributed by atoms with van der Waals surface area (Å²) in [5.41, 5.74) is 1.46. The first-order valence-corrected chi connectivity index (χ1v) is 8.67. The number of amides is 1. The van der Waals surface area contributed by atoms with Gasteiger partial charge < -0.3 is 14.8 Å². The SMILES string of the molecule is COc1ccc(OC)c(C(C)NC(=O)C2(c3ccc(Cl)cc3)CC2)c1. The Balaban J connectivity index is 1.80. The second kappa shape index (κ2) is 6.96. The highest BCUT2D eigenvalue weighted by Gasteiger charge is 2.51. The molecule has 5 heteroatoms. The maximum Gasteiger partial charge on any atom is 0.231 e. The zero-order chi connectivity index (χ0) is 18.0. The van der Waals surface area contributed by atoms with Crippen LogP contribution in [0.15, 0.2) is 42.5 Å². The molecule has 0 aromatic heterocycles. The van der Waals surface area contributed by atoms with E-state index >= 15 is 0 Å². The van der Waals surface area contributed by atoms with Gasteiger partial charge in [0, 0.05) is 10.6 Å². The van der Waals surface area contributed by atoms with Crippen molar-refractivity contribution in [3.05, 3.63) is 58.6 Å². The van der Waals surface area contributed by atoms with Gasteiger partial charge >= 0.3 is 0 Å². The number of hydrogen-bond donors (Lipinski definition) is 1. The van der Waals surface area contributed by atoms with Gasteiger partial charge in [0.1, 0.15) is 11.5 Å². The third-order valence-electron chi connectivity index (χ3n) is 4.83. The molecule has 1 fully saturated rings. The van der Waals surface area contributed by atoms with Crippen molar-refractivity contribution in [3.63, 3.8) is 0 Å². The predicted octanol–water partition coefficient (Wildman–Crippen LogP) is 4.27. The van der Waals surface area contributed by atoms with Crippen LogP contribution in [0.2, 0.25) is 5.02 Å². The number of hydrogen-bond acceptors (Lipinski definition) is 3. The van der Waals surface area contributed by atoms with Crippen LogP contribution in [0.5, 0.6) is 11.5 Å². The van der Waals surface area contributed by atoms with E-state index < -0.39 is 5.41 Å². The lowest BCUT2D eigenvalue weighted by Crippen LogP contribution is -2.36. The van der Waals surface area contributed by atoms with Gasteiger partial charge in [0.15, 0.2) is 0 Å². The Labute approximate surface area is 153 Å². The molecule has 1 unspecified atom stereocenters. The molecule has 1 amide bonds. The zero-order valence-electron chi connectivity index (χ0n) is 14.6. The minimum atomic E-state index is -0.440. The van der Waals surface area contributed by atoms with E-state index in [2.05, 4.69) is 5.32 Å². The van der Waals surface area contributed by atoms with Crippen molar-refractivity contribution in [2.24, 2.45) is 0 Å². The lowest BCUT2D eigenvalue weighted by atomic mass is 9.94. The van der Waals surface area contributed by atoms with Crippen LogP contribution in [0.25, 0.3) is 0 Å². The highest BCUT2D eigenvalue weighted by molar-refractivity contribution is 6.30. The Morgan fingerprint density at radius 3 is 2.36 bits per heavy atom. The van der Waals surface area contributed by atoms with E-state index in [9.17, 15) is 4.79 Å². The third kappa shape index (κ3) is 3.45. The van der Waals surface area contributed by atoms with Crippen LogP contribution in [0.1, 0.15) is 36.9 Å². The molecule has 1 N–H and O–H groups in total. The molecular weight excluding hydrogens is 338 g/mol. The molecule has 2 aromatic rings. The molecule has 0 heterocycles. The third-order valence-corrected chi connectivity index (χ3v) is 5.08. The highest BCUT2D eigenvalue weighted by atomic mass is 35.5. The molecule has 1 saturated carbocycles. The summed E-state index contributed by atoms with van der Waals surface area (Å²) in [5.74, 6) is 1.49. The van der Waals surface area contributed by atoms with Gasteiger partial charge in [-0.15, -0.1) is 0 Å². The van der Waals surface area contributed by atoms with Gasteiger partial charge in [-0.2, -0.15) is 0 Å². The summed E-state index contributed by atoms with van der Waals surface area (Å²) in [6.07, 6.45) is 1.70. The number of ether oxygens (including phenoxy) is 2. The van der Waals surface area contributed by atoms with E-state index in [-0.39, 0.29) is 11.9 Å². The van der Waals surface area contributed by atoms with E-state index in [1.807, 2.05) is 49.4 Å². The van der Waals surface area contributed by atoms with E-state index in [0.717, 1.165) is 35.5 Å². The van der Waals surface area contributed by atoms with Crippen LogP contribution >= 0.6 is 11.6 Å². The Hall–Kier alpha value is -2.20. The summed E-state index contributed by atoms with van der Waals surface area (Å²) >= 11 is 5.96. The molecule has 1 atom stereocenters. The van der Waals surface area contributed by atoms with Crippen molar-refractivity contribution in [2.75, 3.05) is 14.2 Å². The standard InChI is InChI=1S/C20H22ClNO3/c1-13(17-12-16(24-2)8-9-18(17)25-3)22-19(23)20(10-11-20)14-4-6-15(21)7-5-14/h4-9,12-13H,10-11H2,1-3H3,(H,22,23). The Bertz CT molecular complexity index is 769. The first kappa shape index (κ1) is 17.6. The van der Waals surface area contributed by atoms with Crippen molar-refractivity contribution in [3.8, 4) is 11.5 Å². The van der Waals surface area contributed by atoms with Gasteiger partial charge in [-0.3, -0.25) is 4.79 Å². The Morgan fingerprint density at radius 1 is 1.12 bits per heavy atom. The fraction of sp³-hybridized carbons (Fsp3) is 0.350. The Morgan fingerprint density at radius 2 is 1.80 bits per heavy atom. The van der Waals surface area contributed by atoms with Crippen molar-refractivity contribution >= 4 is 17.5 Å². The largest absolute Gasteiger partial charge is 0.497 e. The molecule has 0 saturated heterocycles. The number of benzene rings is 2. The molecule has 0 bridgehead atoms. The topological polar surface area (TPSA) is 47.6 Å². The molecule has 3 rings (SSSR count). The summed E-state index contributed by atoms with van der Waals surface area (Å²) < 4.78 is 10.7. The van der Waals surface area contributed by atoms with Gasteiger partial charge in [-0.1, -0.05) is 23.7 Å². The quantitative estimate of drug-likeness (QED) is 0.838. The number of carbonyl (C=O) groups excluding carboxylic acids is 1. The van der Waals surface area contributed by atoms with Gasteiger partial charge in [0.05, 0.1) is 25.7 Å². The minimum absolute atomic E-state index is 0.0344. The molecule has 4 nitrogen and oxygen atoms in total. The van der Waals surface area contributed by atoms with Gasteiger partial charge in [-0.25, -0.2) is 0 Å². The smallest absolute Gasteiger partial charge is 0.231 e. The second-order valence-electron chi connectivity index (χ2n) is 6.39. The summed E-state index contributed by atoms with van der Waals surface area (Å²) in [7, 11) is 3.24. The van der Waals surface area contributed by atoms with Crippen LogP contribution in [0.4, 0.5) is 0 Å². The molecule has 0 radical (unpaired) electrons. The average Bonchev–Trinajstić information content (AvgIpc) is 3.43. The summed E-state index contributed by atoms with van der Waals surface area (Å²) in [5, 5.41) is 3.81. The van der Waals surface area contributed by atoms with Crippen LogP contribution in [-0.4, -0.2) is 20.1 Å². The number of rotatable bonds is 6. The molecule has 0 spiro atoms. The van der Waals surface area contributed by atoms with Crippen molar-refractivity contribution in [1.82, 2.24) is 5.32 Å². The van der Waals surface area contributed by atoms with E-state index in [4.69, 9.17) is 21.1 Å². The number of methoxy groups -OCH3 is 2. The zero-order valence-corrected chi connectivity index (χ0v) is 15.4. The van der Waals surface area contributed by atoms with Crippen LogP contribution in [0.3, 0.4) is 0 Å². The van der Waals surface area contributed by atoms with Crippen LogP contribution in [0, 0.1) is 0 Å². The first-order valence-electron chi connectivity index (χ1n) is 8.29. The van der Waals surface area contributed by atoms with Crippen LogP contribution < -0.4 is 14.8 Å². The molecular formula is C20H22ClNO3. The molecule has 2 aromatic carbocycles. The molecule has 0 aliphatic heterocycles. The molecule has 25 heavy (non-hydrogen) atoms. The summed E-state index contributed by atoms with van der Waals surface area (Å²) in [4.78, 5) is 12.9. The van der Waals surface area contributed by atoms with Gasteiger partial charge in [0.2, 0.25) is 5.91 Å². The van der Waals surface area contributed by atoms with E-state index in [0.29, 0.717) is 5.02 Å². The molecule has 132 valence electrons. The minimum Gasteiger partial charge on any atom is -0.497 e. The fourth-order valence-corrected chi connectivity index (χ4v) is 3.26. The summed E-state index contributed by atoms with van der Waals surface area (Å²) in [6.45, 7) is 1.95. The normalized spacial score (nSPS) is 16.0. The van der Waals surface area contributed by atoms with E-state index in [1.54, 1.807) is 14.2 Å². The van der Waals surface area contributed by atoms with Crippen molar-refractivity contribution in [1.29, 1.82) is 0 Å². The number of nitrogens with one attached hydrogen (secondary N) is 1. The fourth-order valence-electron chi connectivity index (χ4n) is 3.13. The van der Waals surface area contributed by atoms with E-state index in [1.165, 1.54) is 0 Å². The lowest BCUT2D eigenvalue weighted by molar-refractivity contribution is -0.124. The van der Waals surface area contributed by atoms with Crippen LogP contribution in [-0.2, 0) is 10.2 Å². The number of carbonyl (C=O) groups is 1. The van der Waals surface area contributed by atoms with Crippen molar-refractivity contribution in [2.45, 2.75) is 31.2 Å². The maximum atomic E-state index is 12.9. The van der Waals surface area contributed by atoms with Crippen molar-refractivity contribution < 1.29 is 14.3 Å². The molecule has 1 aliphatic rings. The predicted molar refractivity (Wildman–Crippen MR) is 98.5 cm³/mol. The average molecular weight is 360 g/mol. The van der Waals surface area contributed by atoms with Gasteiger partial charge in [-0.05, 0) is 55.7 Å². The lowest BCUT2D eigenvalue weighted by Gasteiger charge is -2.22.